The highest BCUT2D eigenvalue weighted by atomic mass is 79.9. The van der Waals surface area contributed by atoms with Gasteiger partial charge in [0.2, 0.25) is 0 Å². The number of nitrogens with zero attached hydrogens (tertiary/aromatic N) is 1. The number of carbonyl (C=O) groups excluding carboxylic acids is 1. The number of unbranched alkanes of at least 4 members (excludes halogenated alkanes) is 2. The zero-order valence-electron chi connectivity index (χ0n) is 18.2. The average molecular weight is 550 g/mol. The predicted molar refractivity (Wildman–Crippen MR) is 138 cm³/mol. The summed E-state index contributed by atoms with van der Waals surface area (Å²) in [6, 6.07) is 11.0. The van der Waals surface area contributed by atoms with E-state index in [1.54, 1.807) is 49.6 Å². The Kier molecular flexibility index (Phi) is 8.94. The Hall–Kier alpha value is -2.36. The van der Waals surface area contributed by atoms with Gasteiger partial charge in [0, 0.05) is 0 Å². The molecule has 0 bridgehead atoms. The van der Waals surface area contributed by atoms with Crippen molar-refractivity contribution < 1.29 is 24.2 Å². The van der Waals surface area contributed by atoms with Crippen LogP contribution < -0.4 is 9.47 Å². The molecule has 0 aliphatic carbocycles. The summed E-state index contributed by atoms with van der Waals surface area (Å²) in [6.45, 7) is 2.71. The minimum atomic E-state index is -1.19. The topological polar surface area (TPSA) is 76.1 Å². The van der Waals surface area contributed by atoms with Crippen LogP contribution in [0.4, 0.5) is 0 Å². The summed E-state index contributed by atoms with van der Waals surface area (Å²) in [5.41, 5.74) is 1.18. The molecule has 1 aliphatic rings. The van der Waals surface area contributed by atoms with Gasteiger partial charge in [-0.3, -0.25) is 9.69 Å². The number of carboxylic acid groups (broad SMARTS) is 1. The summed E-state index contributed by atoms with van der Waals surface area (Å²) < 4.78 is 12.3. The molecule has 1 unspecified atom stereocenters. The van der Waals surface area contributed by atoms with Gasteiger partial charge >= 0.3 is 5.97 Å². The number of benzene rings is 2. The van der Waals surface area contributed by atoms with Gasteiger partial charge in [-0.05, 0) is 51.7 Å². The zero-order valence-corrected chi connectivity index (χ0v) is 21.5. The van der Waals surface area contributed by atoms with Crippen molar-refractivity contribution in [2.75, 3.05) is 13.7 Å². The van der Waals surface area contributed by atoms with Crippen LogP contribution in [0.5, 0.6) is 11.5 Å². The van der Waals surface area contributed by atoms with Crippen molar-refractivity contribution >= 4 is 62.2 Å². The average Bonchev–Trinajstić information content (AvgIpc) is 3.06. The summed E-state index contributed by atoms with van der Waals surface area (Å²) >= 11 is 9.99. The van der Waals surface area contributed by atoms with Crippen molar-refractivity contribution in [1.82, 2.24) is 4.90 Å². The molecule has 1 N–H and O–H groups in total. The molecule has 6 nitrogen and oxygen atoms in total. The second kappa shape index (κ2) is 11.7. The van der Waals surface area contributed by atoms with E-state index in [1.807, 2.05) is 6.07 Å². The maximum Gasteiger partial charge on any atom is 0.331 e. The fourth-order valence-corrected chi connectivity index (χ4v) is 5.27. The lowest BCUT2D eigenvalue weighted by Gasteiger charge is -2.23. The summed E-state index contributed by atoms with van der Waals surface area (Å²) in [5, 5.41) is 9.82. The predicted octanol–water partition coefficient (Wildman–Crippen LogP) is 6.05. The number of carboxylic acids is 1. The van der Waals surface area contributed by atoms with Gasteiger partial charge in [-0.1, -0.05) is 74.1 Å². The lowest BCUT2D eigenvalue weighted by Crippen LogP contribution is -2.37. The van der Waals surface area contributed by atoms with Crippen molar-refractivity contribution in [2.24, 2.45) is 0 Å². The standard InChI is InChI=1S/C24H24BrNO5S2/c1-3-4-8-11-31-21-17(25)12-15(13-18(21)30-2)14-19-22(27)26(24(32)33-19)20(23(28)29)16-9-6-5-7-10-16/h5-7,9-10,12-14,20H,3-4,8,11H2,1-2H3,(H,28,29)/b19-14-. The molecular formula is C24H24BrNO5S2. The van der Waals surface area contributed by atoms with E-state index in [0.29, 0.717) is 38.6 Å². The number of aliphatic carboxylic acids is 1. The molecular weight excluding hydrogens is 526 g/mol. The van der Waals surface area contributed by atoms with Crippen LogP contribution >= 0.6 is 39.9 Å². The first kappa shape index (κ1) is 25.3. The second-order valence-electron chi connectivity index (χ2n) is 7.29. The maximum atomic E-state index is 13.2. The maximum absolute atomic E-state index is 13.2. The number of methoxy groups -OCH3 is 1. The zero-order chi connectivity index (χ0) is 24.0. The number of hydrogen-bond acceptors (Lipinski definition) is 6. The van der Waals surface area contributed by atoms with Gasteiger partial charge in [-0.15, -0.1) is 0 Å². The number of halogens is 1. The quantitative estimate of drug-likeness (QED) is 0.219. The summed E-state index contributed by atoms with van der Waals surface area (Å²) in [4.78, 5) is 26.7. The molecule has 0 aromatic heterocycles. The third kappa shape index (κ3) is 5.96. The Bertz CT molecular complexity index is 1070. The van der Waals surface area contributed by atoms with Gasteiger partial charge in [0.15, 0.2) is 17.5 Å². The largest absolute Gasteiger partial charge is 0.493 e. The van der Waals surface area contributed by atoms with Gasteiger partial charge < -0.3 is 14.6 Å². The molecule has 174 valence electrons. The van der Waals surface area contributed by atoms with Crippen molar-refractivity contribution in [3.63, 3.8) is 0 Å². The van der Waals surface area contributed by atoms with Crippen molar-refractivity contribution in [1.29, 1.82) is 0 Å². The molecule has 1 aliphatic heterocycles. The van der Waals surface area contributed by atoms with Crippen LogP contribution in [0, 0.1) is 0 Å². The fraction of sp³-hybridized carbons (Fsp3) is 0.292. The van der Waals surface area contributed by atoms with Gasteiger partial charge in [0.25, 0.3) is 5.91 Å². The first-order valence-electron chi connectivity index (χ1n) is 10.4. The van der Waals surface area contributed by atoms with Crippen molar-refractivity contribution in [3.05, 3.63) is 63.0 Å². The summed E-state index contributed by atoms with van der Waals surface area (Å²) in [6.07, 6.45) is 4.81. The highest BCUT2D eigenvalue weighted by molar-refractivity contribution is 9.10. The van der Waals surface area contributed by atoms with Crippen LogP contribution in [0.15, 0.2) is 51.8 Å². The molecule has 1 heterocycles. The van der Waals surface area contributed by atoms with Gasteiger partial charge in [-0.25, -0.2) is 4.79 Å². The van der Waals surface area contributed by atoms with E-state index < -0.39 is 17.9 Å². The Balaban J connectivity index is 1.88. The van der Waals surface area contributed by atoms with Crippen LogP contribution in [0.25, 0.3) is 6.08 Å². The fourth-order valence-electron chi connectivity index (χ4n) is 3.38. The van der Waals surface area contributed by atoms with Crippen LogP contribution in [0.3, 0.4) is 0 Å². The molecule has 2 aromatic carbocycles. The second-order valence-corrected chi connectivity index (χ2v) is 9.82. The lowest BCUT2D eigenvalue weighted by molar-refractivity contribution is -0.145. The van der Waals surface area contributed by atoms with E-state index in [0.717, 1.165) is 35.9 Å². The smallest absolute Gasteiger partial charge is 0.331 e. The molecule has 9 heteroatoms. The normalized spacial score (nSPS) is 15.7. The summed E-state index contributed by atoms with van der Waals surface area (Å²) in [7, 11) is 1.56. The molecule has 0 radical (unpaired) electrons. The summed E-state index contributed by atoms with van der Waals surface area (Å²) in [5.74, 6) is -0.451. The minimum absolute atomic E-state index is 0.199. The van der Waals surface area contributed by atoms with Crippen LogP contribution in [0.1, 0.15) is 43.4 Å². The monoisotopic (exact) mass is 549 g/mol. The van der Waals surface area contributed by atoms with Crippen molar-refractivity contribution in [2.45, 2.75) is 32.2 Å². The number of amides is 1. The number of hydrogen-bond donors (Lipinski definition) is 1. The van der Waals surface area contributed by atoms with Crippen LogP contribution in [-0.2, 0) is 9.59 Å². The highest BCUT2D eigenvalue weighted by Crippen LogP contribution is 2.41. The third-order valence-electron chi connectivity index (χ3n) is 4.97. The Labute approximate surface area is 211 Å². The van der Waals surface area contributed by atoms with Gasteiger partial charge in [-0.2, -0.15) is 0 Å². The highest BCUT2D eigenvalue weighted by Gasteiger charge is 2.41. The Morgan fingerprint density at radius 2 is 2.00 bits per heavy atom. The van der Waals surface area contributed by atoms with Crippen LogP contribution in [-0.4, -0.2) is 39.9 Å². The number of thioether (sulfide) groups is 1. The molecule has 0 saturated carbocycles. The molecule has 2 aromatic rings. The molecule has 1 amide bonds. The van der Waals surface area contributed by atoms with E-state index in [9.17, 15) is 14.7 Å². The number of rotatable bonds is 10. The lowest BCUT2D eigenvalue weighted by atomic mass is 10.1. The van der Waals surface area contributed by atoms with Gasteiger partial charge in [0.1, 0.15) is 4.32 Å². The van der Waals surface area contributed by atoms with E-state index in [4.69, 9.17) is 21.7 Å². The van der Waals surface area contributed by atoms with Crippen LogP contribution in [0.2, 0.25) is 0 Å². The molecule has 33 heavy (non-hydrogen) atoms. The number of carbonyl (C=O) groups is 2. The molecule has 0 spiro atoms. The number of ether oxygens (including phenoxy) is 2. The van der Waals surface area contributed by atoms with E-state index in [-0.39, 0.29) is 4.32 Å². The molecule has 1 atom stereocenters. The van der Waals surface area contributed by atoms with Crippen molar-refractivity contribution in [3.8, 4) is 11.5 Å². The minimum Gasteiger partial charge on any atom is -0.493 e. The first-order chi connectivity index (χ1) is 15.9. The SMILES string of the molecule is CCCCCOc1c(Br)cc(/C=C2\SC(=S)N(C(C(=O)O)c3ccccc3)C2=O)cc1OC. The molecule has 1 saturated heterocycles. The number of thiocarbonyl (C=S) groups is 1. The van der Waals surface area contributed by atoms with E-state index in [2.05, 4.69) is 22.9 Å². The van der Waals surface area contributed by atoms with Gasteiger partial charge in [0.05, 0.1) is 23.1 Å². The van der Waals surface area contributed by atoms with E-state index in [1.165, 1.54) is 0 Å². The molecule has 3 rings (SSSR count). The first-order valence-corrected chi connectivity index (χ1v) is 12.4. The Morgan fingerprint density at radius 3 is 2.64 bits per heavy atom. The molecule has 1 fully saturated rings. The van der Waals surface area contributed by atoms with E-state index >= 15 is 0 Å². The Morgan fingerprint density at radius 1 is 1.27 bits per heavy atom. The third-order valence-corrected chi connectivity index (χ3v) is 6.89.